The number of rotatable bonds is 27. The number of aliphatic hydroxyl groups is 8. The summed E-state index contributed by atoms with van der Waals surface area (Å²) in [4.78, 5) is 12.9. The second kappa shape index (κ2) is 28.4. The second-order valence-electron chi connectivity index (χ2n) is 14.0. The van der Waals surface area contributed by atoms with Crippen LogP contribution >= 0.6 is 0 Å². The zero-order valence-corrected chi connectivity index (χ0v) is 32.2. The lowest BCUT2D eigenvalue weighted by atomic mass is 9.97. The molecule has 1 amide bonds. The molecule has 0 aromatic heterocycles. The third kappa shape index (κ3) is 17.4. The van der Waals surface area contributed by atoms with Crippen molar-refractivity contribution in [2.75, 3.05) is 19.8 Å². The Morgan fingerprint density at radius 3 is 1.93 bits per heavy atom. The SMILES string of the molecule is CC/C=C\C/C=C\C/C=C\CCCCCCCCCC(=O)NC(COC1OC(CO)C(OC2OC(CO)C(O)C(O)C2O)C(O)C1O)C(O)/C=C/CCC. The van der Waals surface area contributed by atoms with Crippen molar-refractivity contribution < 1.29 is 64.6 Å². The van der Waals surface area contributed by atoms with Crippen LogP contribution in [0.4, 0.5) is 0 Å². The summed E-state index contributed by atoms with van der Waals surface area (Å²) in [7, 11) is 0. The first-order valence-corrected chi connectivity index (χ1v) is 19.9. The Hall–Kier alpha value is -2.05. The van der Waals surface area contributed by atoms with E-state index in [1.54, 1.807) is 12.2 Å². The maximum Gasteiger partial charge on any atom is 0.220 e. The summed E-state index contributed by atoms with van der Waals surface area (Å²) >= 11 is 0. The van der Waals surface area contributed by atoms with E-state index < -0.39 is 86.8 Å². The Morgan fingerprint density at radius 2 is 1.28 bits per heavy atom. The highest BCUT2D eigenvalue weighted by molar-refractivity contribution is 5.76. The number of ether oxygens (including phenoxy) is 4. The molecule has 9 N–H and O–H groups in total. The van der Waals surface area contributed by atoms with Crippen molar-refractivity contribution >= 4 is 5.91 Å². The highest BCUT2D eigenvalue weighted by atomic mass is 16.7. The molecule has 12 atom stereocenters. The molecule has 54 heavy (non-hydrogen) atoms. The van der Waals surface area contributed by atoms with Gasteiger partial charge >= 0.3 is 0 Å². The van der Waals surface area contributed by atoms with E-state index in [0.29, 0.717) is 6.42 Å². The molecule has 2 saturated heterocycles. The van der Waals surface area contributed by atoms with Crippen LogP contribution in [0.2, 0.25) is 0 Å². The van der Waals surface area contributed by atoms with E-state index in [4.69, 9.17) is 18.9 Å². The zero-order valence-electron chi connectivity index (χ0n) is 32.2. The molecular weight excluding hydrogens is 702 g/mol. The third-order valence-corrected chi connectivity index (χ3v) is 9.50. The Balaban J connectivity index is 1.79. The van der Waals surface area contributed by atoms with Gasteiger partial charge in [-0.1, -0.05) is 101 Å². The molecule has 2 aliphatic heterocycles. The molecule has 0 saturated carbocycles. The van der Waals surface area contributed by atoms with Gasteiger partial charge in [-0.15, -0.1) is 0 Å². The highest BCUT2D eigenvalue weighted by Gasteiger charge is 2.50. The van der Waals surface area contributed by atoms with Gasteiger partial charge in [0.25, 0.3) is 0 Å². The lowest BCUT2D eigenvalue weighted by Gasteiger charge is -2.46. The van der Waals surface area contributed by atoms with Crippen LogP contribution in [0.1, 0.15) is 104 Å². The van der Waals surface area contributed by atoms with Gasteiger partial charge in [0.05, 0.1) is 32.0 Å². The predicted octanol–water partition coefficient (Wildman–Crippen LogP) is 2.20. The average molecular weight is 772 g/mol. The normalized spacial score (nSPS) is 30.6. The number of hydrogen-bond donors (Lipinski definition) is 9. The molecule has 0 aromatic rings. The van der Waals surface area contributed by atoms with Crippen molar-refractivity contribution in [2.45, 2.75) is 177 Å². The van der Waals surface area contributed by atoms with Crippen molar-refractivity contribution in [3.8, 4) is 0 Å². The van der Waals surface area contributed by atoms with E-state index in [9.17, 15) is 45.6 Å². The van der Waals surface area contributed by atoms with E-state index >= 15 is 0 Å². The standard InChI is InChI=1S/C40H69NO13/c1-3-5-7-8-9-10-11-12-13-14-15-16-17-18-19-20-22-24-32(45)41-28(29(44)23-21-6-4-2)27-51-39-37(50)35(48)38(31(26-43)53-39)54-40-36(49)34(47)33(46)30(25-42)52-40/h5,7,9-10,12-13,21,23,28-31,33-40,42-44,46-50H,3-4,6,8,11,14-20,22,24-27H2,1-2H3,(H,41,45)/b7-5-,10-9-,13-12-,23-21+. The van der Waals surface area contributed by atoms with Gasteiger partial charge in [-0.3, -0.25) is 4.79 Å². The number of unbranched alkanes of at least 4 members (excludes halogenated alkanes) is 8. The van der Waals surface area contributed by atoms with Gasteiger partial charge in [-0.25, -0.2) is 0 Å². The average Bonchev–Trinajstić information content (AvgIpc) is 3.16. The van der Waals surface area contributed by atoms with Crippen LogP contribution in [0.5, 0.6) is 0 Å². The van der Waals surface area contributed by atoms with Crippen molar-refractivity contribution in [1.82, 2.24) is 5.32 Å². The minimum absolute atomic E-state index is 0.265. The summed E-state index contributed by atoms with van der Waals surface area (Å²) < 4.78 is 22.4. The number of carbonyl (C=O) groups is 1. The highest BCUT2D eigenvalue weighted by Crippen LogP contribution is 2.29. The summed E-state index contributed by atoms with van der Waals surface area (Å²) in [5, 5.41) is 85.5. The fourth-order valence-electron chi connectivity index (χ4n) is 6.19. The van der Waals surface area contributed by atoms with E-state index in [-0.39, 0.29) is 18.9 Å². The van der Waals surface area contributed by atoms with Crippen molar-refractivity contribution in [2.24, 2.45) is 0 Å². The Bertz CT molecular complexity index is 1100. The van der Waals surface area contributed by atoms with Gasteiger partial charge in [0.1, 0.15) is 48.8 Å². The molecule has 0 bridgehead atoms. The van der Waals surface area contributed by atoms with Crippen molar-refractivity contribution in [3.05, 3.63) is 48.6 Å². The number of hydrogen-bond acceptors (Lipinski definition) is 13. The fourth-order valence-corrected chi connectivity index (χ4v) is 6.19. The largest absolute Gasteiger partial charge is 0.394 e. The quantitative estimate of drug-likeness (QED) is 0.0432. The van der Waals surface area contributed by atoms with Gasteiger partial charge in [-0.2, -0.15) is 0 Å². The lowest BCUT2D eigenvalue weighted by molar-refractivity contribution is -0.359. The van der Waals surface area contributed by atoms with Gasteiger partial charge in [0.2, 0.25) is 5.91 Å². The third-order valence-electron chi connectivity index (χ3n) is 9.50. The van der Waals surface area contributed by atoms with Crippen molar-refractivity contribution in [1.29, 1.82) is 0 Å². The molecule has 2 heterocycles. The maximum atomic E-state index is 12.9. The summed E-state index contributed by atoms with van der Waals surface area (Å²) in [6.45, 7) is 2.39. The first-order valence-electron chi connectivity index (χ1n) is 19.9. The smallest absolute Gasteiger partial charge is 0.220 e. The Labute approximate surface area is 321 Å². The topological polar surface area (TPSA) is 228 Å². The van der Waals surface area contributed by atoms with Crippen LogP contribution < -0.4 is 5.32 Å². The minimum atomic E-state index is -1.79. The Morgan fingerprint density at radius 1 is 0.685 bits per heavy atom. The molecule has 2 fully saturated rings. The van der Waals surface area contributed by atoms with Gasteiger partial charge in [0, 0.05) is 6.42 Å². The van der Waals surface area contributed by atoms with Crippen molar-refractivity contribution in [3.63, 3.8) is 0 Å². The molecule has 0 aromatic carbocycles. The monoisotopic (exact) mass is 771 g/mol. The van der Waals surface area contributed by atoms with E-state index in [2.05, 4.69) is 48.7 Å². The van der Waals surface area contributed by atoms with E-state index in [1.165, 1.54) is 12.8 Å². The lowest BCUT2D eigenvalue weighted by Crippen LogP contribution is -2.65. The van der Waals surface area contributed by atoms with Crippen LogP contribution in [0.15, 0.2) is 48.6 Å². The summed E-state index contributed by atoms with van der Waals surface area (Å²) in [6, 6.07) is -0.915. The summed E-state index contributed by atoms with van der Waals surface area (Å²) in [6.07, 6.45) is 12.8. The first kappa shape index (κ1) is 48.1. The minimum Gasteiger partial charge on any atom is -0.394 e. The van der Waals surface area contributed by atoms with Gasteiger partial charge in [0.15, 0.2) is 12.6 Å². The predicted molar refractivity (Wildman–Crippen MR) is 203 cm³/mol. The summed E-state index contributed by atoms with van der Waals surface area (Å²) in [5.74, 6) is -0.267. The zero-order chi connectivity index (χ0) is 39.7. The van der Waals surface area contributed by atoms with E-state index in [1.807, 2.05) is 6.92 Å². The Kier molecular flexibility index (Phi) is 25.3. The number of amides is 1. The molecule has 12 unspecified atom stereocenters. The molecule has 14 heteroatoms. The van der Waals surface area contributed by atoms with Gasteiger partial charge < -0.3 is 65.1 Å². The number of nitrogens with one attached hydrogen (secondary N) is 1. The molecule has 312 valence electrons. The molecule has 2 aliphatic rings. The fraction of sp³-hybridized carbons (Fsp3) is 0.775. The molecule has 0 radical (unpaired) electrons. The number of allylic oxidation sites excluding steroid dienone is 7. The molecule has 2 rings (SSSR count). The van der Waals surface area contributed by atoms with Crippen LogP contribution in [0.3, 0.4) is 0 Å². The molecule has 0 spiro atoms. The molecule has 14 nitrogen and oxygen atoms in total. The van der Waals surface area contributed by atoms with Crippen LogP contribution in [-0.4, -0.2) is 140 Å². The van der Waals surface area contributed by atoms with Crippen LogP contribution in [0, 0.1) is 0 Å². The number of carbonyl (C=O) groups excluding carboxylic acids is 1. The number of aliphatic hydroxyl groups excluding tert-OH is 8. The first-order chi connectivity index (χ1) is 26.1. The van der Waals surface area contributed by atoms with Crippen LogP contribution in [0.25, 0.3) is 0 Å². The molecular formula is C40H69NO13. The maximum absolute atomic E-state index is 12.9. The second-order valence-corrected chi connectivity index (χ2v) is 14.0. The summed E-state index contributed by atoms with van der Waals surface area (Å²) in [5.41, 5.74) is 0. The van der Waals surface area contributed by atoms with E-state index in [0.717, 1.165) is 64.2 Å². The van der Waals surface area contributed by atoms with Crippen LogP contribution in [-0.2, 0) is 23.7 Å². The van der Waals surface area contributed by atoms with Gasteiger partial charge in [-0.05, 0) is 44.9 Å². The molecule has 0 aliphatic carbocycles.